The Balaban J connectivity index is 1.44. The van der Waals surface area contributed by atoms with Crippen molar-refractivity contribution in [2.75, 3.05) is 19.7 Å². The zero-order valence-corrected chi connectivity index (χ0v) is 25.7. The second kappa shape index (κ2) is 20.1. The van der Waals surface area contributed by atoms with Crippen LogP contribution in [0, 0.1) is 5.92 Å². The summed E-state index contributed by atoms with van der Waals surface area (Å²) in [6.07, 6.45) is 10.1. The predicted molar refractivity (Wildman–Crippen MR) is 162 cm³/mol. The molecule has 2 rings (SSSR count). The van der Waals surface area contributed by atoms with Gasteiger partial charge < -0.3 is 25.6 Å². The SMILES string of the molecule is CC1CC(=O)N(CCCCCC(=O)NC[C@H](NC(=O)CCCCCCCCCCOc2ccc(C(=O)O)cc2)C(=O)O)C1=O. The van der Waals surface area contributed by atoms with E-state index in [1.807, 2.05) is 0 Å². The molecule has 1 unspecified atom stereocenters. The Bertz CT molecular complexity index is 1110. The fourth-order valence-electron chi connectivity index (χ4n) is 4.92. The highest BCUT2D eigenvalue weighted by molar-refractivity contribution is 6.03. The van der Waals surface area contributed by atoms with Gasteiger partial charge >= 0.3 is 11.9 Å². The molecule has 1 saturated heterocycles. The van der Waals surface area contributed by atoms with Gasteiger partial charge in [-0.1, -0.05) is 51.9 Å². The number of imide groups is 1. The number of benzene rings is 1. The Morgan fingerprint density at radius 2 is 1.41 bits per heavy atom. The topological polar surface area (TPSA) is 179 Å². The number of nitrogens with one attached hydrogen (secondary N) is 2. The molecule has 0 radical (unpaired) electrons. The van der Waals surface area contributed by atoms with Gasteiger partial charge in [-0.25, -0.2) is 9.59 Å². The molecule has 12 heteroatoms. The molecule has 0 bridgehead atoms. The van der Waals surface area contributed by atoms with E-state index in [-0.39, 0.29) is 60.9 Å². The van der Waals surface area contributed by atoms with Crippen molar-refractivity contribution in [3.63, 3.8) is 0 Å². The number of carboxylic acids is 2. The number of ether oxygens (including phenoxy) is 1. The van der Waals surface area contributed by atoms with Crippen LogP contribution in [0.5, 0.6) is 5.75 Å². The molecule has 0 aliphatic carbocycles. The molecule has 12 nitrogen and oxygen atoms in total. The molecule has 4 N–H and O–H groups in total. The fourth-order valence-corrected chi connectivity index (χ4v) is 4.92. The van der Waals surface area contributed by atoms with Crippen molar-refractivity contribution in [1.29, 1.82) is 0 Å². The van der Waals surface area contributed by atoms with E-state index in [4.69, 9.17) is 9.84 Å². The van der Waals surface area contributed by atoms with Gasteiger partial charge in [0.15, 0.2) is 0 Å². The van der Waals surface area contributed by atoms with Crippen LogP contribution in [0.4, 0.5) is 0 Å². The van der Waals surface area contributed by atoms with Crippen LogP contribution in [0.25, 0.3) is 0 Å². The molecule has 2 atom stereocenters. The Hall–Kier alpha value is -3.96. The van der Waals surface area contributed by atoms with Crippen molar-refractivity contribution in [1.82, 2.24) is 15.5 Å². The molecular formula is C32H47N3O9. The first-order valence-electron chi connectivity index (χ1n) is 15.7. The molecule has 0 aromatic heterocycles. The monoisotopic (exact) mass is 617 g/mol. The first-order chi connectivity index (χ1) is 21.1. The Morgan fingerprint density at radius 3 is 1.98 bits per heavy atom. The molecule has 1 aromatic rings. The van der Waals surface area contributed by atoms with E-state index in [0.29, 0.717) is 44.6 Å². The molecular weight excluding hydrogens is 570 g/mol. The summed E-state index contributed by atoms with van der Waals surface area (Å²) >= 11 is 0. The smallest absolute Gasteiger partial charge is 0.335 e. The lowest BCUT2D eigenvalue weighted by Crippen LogP contribution is -2.48. The average molecular weight is 618 g/mol. The quantitative estimate of drug-likeness (QED) is 0.105. The van der Waals surface area contributed by atoms with E-state index >= 15 is 0 Å². The first kappa shape index (κ1) is 36.2. The van der Waals surface area contributed by atoms with Crippen molar-refractivity contribution >= 4 is 35.6 Å². The van der Waals surface area contributed by atoms with E-state index in [1.165, 1.54) is 17.0 Å². The molecule has 244 valence electrons. The summed E-state index contributed by atoms with van der Waals surface area (Å²) in [6, 6.07) is 5.15. The summed E-state index contributed by atoms with van der Waals surface area (Å²) in [5.74, 6) is -2.76. The van der Waals surface area contributed by atoms with Crippen LogP contribution in [0.3, 0.4) is 0 Å². The van der Waals surface area contributed by atoms with E-state index in [1.54, 1.807) is 19.1 Å². The van der Waals surface area contributed by atoms with Gasteiger partial charge in [-0.05, 0) is 49.9 Å². The molecule has 1 aliphatic heterocycles. The number of unbranched alkanes of at least 4 members (excludes halogenated alkanes) is 9. The third kappa shape index (κ3) is 14.0. The van der Waals surface area contributed by atoms with Crippen LogP contribution in [-0.2, 0) is 24.0 Å². The average Bonchev–Trinajstić information content (AvgIpc) is 3.23. The predicted octanol–water partition coefficient (Wildman–Crippen LogP) is 3.92. The third-order valence-electron chi connectivity index (χ3n) is 7.56. The van der Waals surface area contributed by atoms with Crippen LogP contribution in [0.1, 0.15) is 107 Å². The minimum Gasteiger partial charge on any atom is -0.494 e. The minimum atomic E-state index is -1.21. The Kier molecular flexibility index (Phi) is 16.5. The van der Waals surface area contributed by atoms with Gasteiger partial charge in [-0.2, -0.15) is 0 Å². The molecule has 1 fully saturated rings. The highest BCUT2D eigenvalue weighted by atomic mass is 16.5. The largest absolute Gasteiger partial charge is 0.494 e. The van der Waals surface area contributed by atoms with Crippen LogP contribution in [0.15, 0.2) is 24.3 Å². The summed E-state index contributed by atoms with van der Waals surface area (Å²) in [5, 5.41) is 23.4. The normalized spacial score (nSPS) is 15.2. The van der Waals surface area contributed by atoms with Gasteiger partial charge in [0.2, 0.25) is 23.6 Å². The van der Waals surface area contributed by atoms with Crippen LogP contribution in [0.2, 0.25) is 0 Å². The molecule has 44 heavy (non-hydrogen) atoms. The fraction of sp³-hybridized carbons (Fsp3) is 0.625. The number of aliphatic carboxylic acids is 1. The summed E-state index contributed by atoms with van der Waals surface area (Å²) in [6.45, 7) is 2.47. The second-order valence-corrected chi connectivity index (χ2v) is 11.3. The van der Waals surface area contributed by atoms with Gasteiger partial charge in [0.05, 0.1) is 12.2 Å². The van der Waals surface area contributed by atoms with Crippen molar-refractivity contribution in [2.45, 2.75) is 103 Å². The van der Waals surface area contributed by atoms with Gasteiger partial charge in [0, 0.05) is 38.3 Å². The number of rotatable bonds is 23. The van der Waals surface area contributed by atoms with Crippen molar-refractivity contribution in [2.24, 2.45) is 5.92 Å². The summed E-state index contributed by atoms with van der Waals surface area (Å²) < 4.78 is 5.63. The van der Waals surface area contributed by atoms with E-state index < -0.39 is 18.0 Å². The zero-order chi connectivity index (χ0) is 32.3. The van der Waals surface area contributed by atoms with Crippen molar-refractivity contribution in [3.8, 4) is 5.75 Å². The molecule has 0 saturated carbocycles. The summed E-state index contributed by atoms with van der Waals surface area (Å²) in [4.78, 5) is 71.8. The number of aromatic carboxylic acids is 1. The van der Waals surface area contributed by atoms with E-state index in [9.17, 15) is 33.9 Å². The third-order valence-corrected chi connectivity index (χ3v) is 7.56. The maximum Gasteiger partial charge on any atom is 0.335 e. The second-order valence-electron chi connectivity index (χ2n) is 11.3. The number of carboxylic acid groups (broad SMARTS) is 2. The Morgan fingerprint density at radius 1 is 0.841 bits per heavy atom. The number of hydrogen-bond donors (Lipinski definition) is 4. The molecule has 1 aromatic carbocycles. The molecule has 4 amide bonds. The number of amides is 4. The minimum absolute atomic E-state index is 0.147. The lowest BCUT2D eigenvalue weighted by molar-refractivity contribution is -0.142. The lowest BCUT2D eigenvalue weighted by Gasteiger charge is -2.16. The standard InChI is InChI=1S/C32H47N3O9/c1-23-21-29(38)35(30(23)39)19-11-8-10-13-27(36)33-22-26(32(42)43)34-28(37)14-9-6-4-2-3-5-7-12-20-44-25-17-15-24(16-18-25)31(40)41/h15-18,23,26H,2-14,19-22H2,1H3,(H,33,36)(H,34,37)(H,40,41)(H,42,43)/t23?,26-/m0/s1. The summed E-state index contributed by atoms with van der Waals surface area (Å²) in [5.41, 5.74) is 0.229. The number of carbonyl (C=O) groups excluding carboxylic acids is 4. The van der Waals surface area contributed by atoms with E-state index in [2.05, 4.69) is 10.6 Å². The van der Waals surface area contributed by atoms with Gasteiger partial charge in [-0.3, -0.25) is 24.1 Å². The van der Waals surface area contributed by atoms with Crippen LogP contribution < -0.4 is 15.4 Å². The van der Waals surface area contributed by atoms with Crippen molar-refractivity contribution < 1.29 is 43.7 Å². The highest BCUT2D eigenvalue weighted by Crippen LogP contribution is 2.19. The lowest BCUT2D eigenvalue weighted by atomic mass is 10.1. The van der Waals surface area contributed by atoms with Gasteiger partial charge in [0.25, 0.3) is 0 Å². The highest BCUT2D eigenvalue weighted by Gasteiger charge is 2.34. The Labute approximate surface area is 258 Å². The van der Waals surface area contributed by atoms with Crippen LogP contribution in [-0.4, -0.2) is 76.4 Å². The zero-order valence-electron chi connectivity index (χ0n) is 25.7. The first-order valence-corrected chi connectivity index (χ1v) is 15.7. The maximum absolute atomic E-state index is 12.2. The van der Waals surface area contributed by atoms with Gasteiger partial charge in [0.1, 0.15) is 11.8 Å². The molecule has 0 spiro atoms. The number of hydrogen-bond acceptors (Lipinski definition) is 7. The van der Waals surface area contributed by atoms with Crippen LogP contribution >= 0.6 is 0 Å². The summed E-state index contributed by atoms with van der Waals surface area (Å²) in [7, 11) is 0. The number of carbonyl (C=O) groups is 6. The van der Waals surface area contributed by atoms with Crippen molar-refractivity contribution in [3.05, 3.63) is 29.8 Å². The number of nitrogens with zero attached hydrogens (tertiary/aromatic N) is 1. The van der Waals surface area contributed by atoms with E-state index in [0.717, 1.165) is 44.9 Å². The maximum atomic E-state index is 12.2. The van der Waals surface area contributed by atoms with Gasteiger partial charge in [-0.15, -0.1) is 0 Å². The molecule has 1 heterocycles. The molecule has 1 aliphatic rings. The number of likely N-dealkylation sites (tertiary alicyclic amines) is 1.